The van der Waals surface area contributed by atoms with Crippen molar-refractivity contribution in [3.63, 3.8) is 0 Å². The first-order valence-electron chi connectivity index (χ1n) is 7.91. The predicted molar refractivity (Wildman–Crippen MR) is 89.3 cm³/mol. The molecule has 1 rings (SSSR count). The topological polar surface area (TPSA) is 24.1 Å². The Morgan fingerprint density at radius 3 is 2.25 bits per heavy atom. The van der Waals surface area contributed by atoms with Gasteiger partial charge in [-0.2, -0.15) is 0 Å². The van der Waals surface area contributed by atoms with Gasteiger partial charge in [-0.05, 0) is 43.3 Å². The second kappa shape index (κ2) is 8.43. The first-order valence-corrected chi connectivity index (χ1v) is 7.91. The van der Waals surface area contributed by atoms with Crippen LogP contribution < -0.4 is 10.6 Å². The van der Waals surface area contributed by atoms with Gasteiger partial charge in [-0.3, -0.25) is 0 Å². The van der Waals surface area contributed by atoms with Crippen LogP contribution in [0.3, 0.4) is 0 Å². The van der Waals surface area contributed by atoms with E-state index in [2.05, 4.69) is 75.6 Å². The molecule has 0 fully saturated rings. The summed E-state index contributed by atoms with van der Waals surface area (Å²) in [5, 5.41) is 7.12. The highest BCUT2D eigenvalue weighted by molar-refractivity contribution is 5.23. The second-order valence-electron chi connectivity index (χ2n) is 6.91. The third-order valence-electron chi connectivity index (χ3n) is 3.80. The Bertz CT molecular complexity index is 357. The van der Waals surface area contributed by atoms with Gasteiger partial charge in [0.15, 0.2) is 0 Å². The molecule has 0 saturated carbocycles. The minimum atomic E-state index is 0.235. The first kappa shape index (κ1) is 17.2. The van der Waals surface area contributed by atoms with Gasteiger partial charge in [0.25, 0.3) is 0 Å². The van der Waals surface area contributed by atoms with Crippen LogP contribution in [0, 0.1) is 5.92 Å². The summed E-state index contributed by atoms with van der Waals surface area (Å²) in [4.78, 5) is 0. The van der Waals surface area contributed by atoms with E-state index >= 15 is 0 Å². The zero-order valence-electron chi connectivity index (χ0n) is 13.9. The van der Waals surface area contributed by atoms with Gasteiger partial charge in [-0.1, -0.05) is 58.0 Å². The lowest BCUT2D eigenvalue weighted by Crippen LogP contribution is -2.39. The molecule has 0 heterocycles. The van der Waals surface area contributed by atoms with Crippen molar-refractivity contribution in [1.29, 1.82) is 0 Å². The number of benzene rings is 1. The summed E-state index contributed by atoms with van der Waals surface area (Å²) in [5.41, 5.74) is 1.66. The molecule has 0 spiro atoms. The van der Waals surface area contributed by atoms with Crippen molar-refractivity contribution >= 4 is 0 Å². The van der Waals surface area contributed by atoms with E-state index in [9.17, 15) is 0 Å². The number of hydrogen-bond acceptors (Lipinski definition) is 2. The lowest BCUT2D eigenvalue weighted by molar-refractivity contribution is 0.418. The largest absolute Gasteiger partial charge is 0.315 e. The fourth-order valence-electron chi connectivity index (χ4n) is 2.33. The SMILES string of the molecule is CC(C)CNCC(C)NCCC(C)(C)c1ccccc1. The maximum Gasteiger partial charge on any atom is 0.0164 e. The minimum Gasteiger partial charge on any atom is -0.315 e. The van der Waals surface area contributed by atoms with Crippen molar-refractivity contribution in [3.05, 3.63) is 35.9 Å². The molecular weight excluding hydrogens is 244 g/mol. The summed E-state index contributed by atoms with van der Waals surface area (Å²) in [5.74, 6) is 0.721. The van der Waals surface area contributed by atoms with Crippen molar-refractivity contribution < 1.29 is 0 Å². The van der Waals surface area contributed by atoms with Crippen LogP contribution in [0.25, 0.3) is 0 Å². The van der Waals surface area contributed by atoms with Gasteiger partial charge in [0, 0.05) is 12.6 Å². The van der Waals surface area contributed by atoms with Crippen molar-refractivity contribution in [2.45, 2.75) is 52.5 Å². The average Bonchev–Trinajstić information content (AvgIpc) is 2.39. The molecule has 2 N–H and O–H groups in total. The zero-order valence-corrected chi connectivity index (χ0v) is 13.9. The number of nitrogens with one attached hydrogen (secondary N) is 2. The summed E-state index contributed by atoms with van der Waals surface area (Å²) in [6.07, 6.45) is 1.16. The molecule has 2 nitrogen and oxygen atoms in total. The molecule has 2 heteroatoms. The van der Waals surface area contributed by atoms with Gasteiger partial charge in [-0.15, -0.1) is 0 Å². The summed E-state index contributed by atoms with van der Waals surface area (Å²) in [6.45, 7) is 14.6. The van der Waals surface area contributed by atoms with E-state index in [4.69, 9.17) is 0 Å². The van der Waals surface area contributed by atoms with Crippen LogP contribution in [-0.4, -0.2) is 25.7 Å². The Hall–Kier alpha value is -0.860. The Morgan fingerprint density at radius 2 is 1.65 bits per heavy atom. The molecule has 0 bridgehead atoms. The summed E-state index contributed by atoms with van der Waals surface area (Å²) in [6, 6.07) is 11.3. The van der Waals surface area contributed by atoms with E-state index in [1.54, 1.807) is 0 Å². The maximum atomic E-state index is 3.62. The highest BCUT2D eigenvalue weighted by Gasteiger charge is 2.19. The molecule has 0 radical (unpaired) electrons. The van der Waals surface area contributed by atoms with Crippen LogP contribution >= 0.6 is 0 Å². The Kier molecular flexibility index (Phi) is 7.25. The summed E-state index contributed by atoms with van der Waals surface area (Å²) in [7, 11) is 0. The van der Waals surface area contributed by atoms with Crippen LogP contribution in [-0.2, 0) is 5.41 Å². The molecule has 0 aromatic heterocycles. The smallest absolute Gasteiger partial charge is 0.0164 e. The van der Waals surface area contributed by atoms with Crippen LogP contribution in [0.5, 0.6) is 0 Å². The van der Waals surface area contributed by atoms with Crippen molar-refractivity contribution in [2.24, 2.45) is 5.92 Å². The standard InChI is InChI=1S/C18H32N2/c1-15(2)13-19-14-16(3)20-12-11-18(4,5)17-9-7-6-8-10-17/h6-10,15-16,19-20H,11-14H2,1-5H3. The van der Waals surface area contributed by atoms with E-state index < -0.39 is 0 Å². The molecule has 0 amide bonds. The average molecular weight is 276 g/mol. The molecule has 114 valence electrons. The zero-order chi connectivity index (χ0) is 15.0. The van der Waals surface area contributed by atoms with Gasteiger partial charge in [0.2, 0.25) is 0 Å². The second-order valence-corrected chi connectivity index (χ2v) is 6.91. The molecular formula is C18H32N2. The van der Waals surface area contributed by atoms with Crippen molar-refractivity contribution in [1.82, 2.24) is 10.6 Å². The van der Waals surface area contributed by atoms with E-state index in [0.29, 0.717) is 6.04 Å². The molecule has 1 unspecified atom stereocenters. The molecule has 0 aliphatic carbocycles. The van der Waals surface area contributed by atoms with E-state index in [1.807, 2.05) is 0 Å². The maximum absolute atomic E-state index is 3.62. The van der Waals surface area contributed by atoms with Gasteiger partial charge >= 0.3 is 0 Å². The quantitative estimate of drug-likeness (QED) is 0.720. The highest BCUT2D eigenvalue weighted by atomic mass is 15.0. The van der Waals surface area contributed by atoms with Gasteiger partial charge in [-0.25, -0.2) is 0 Å². The lowest BCUT2D eigenvalue weighted by atomic mass is 9.81. The predicted octanol–water partition coefficient (Wildman–Crippen LogP) is 3.58. The normalized spacial score (nSPS) is 13.7. The Morgan fingerprint density at radius 1 is 1.00 bits per heavy atom. The van der Waals surface area contributed by atoms with Crippen LogP contribution in [0.1, 0.15) is 46.6 Å². The number of rotatable bonds is 9. The fraction of sp³-hybridized carbons (Fsp3) is 0.667. The summed E-state index contributed by atoms with van der Waals surface area (Å²) < 4.78 is 0. The van der Waals surface area contributed by atoms with Crippen LogP contribution in [0.15, 0.2) is 30.3 Å². The minimum absolute atomic E-state index is 0.235. The van der Waals surface area contributed by atoms with E-state index in [1.165, 1.54) is 5.56 Å². The van der Waals surface area contributed by atoms with Gasteiger partial charge in [0.1, 0.15) is 0 Å². The van der Waals surface area contributed by atoms with Crippen LogP contribution in [0.2, 0.25) is 0 Å². The van der Waals surface area contributed by atoms with Crippen molar-refractivity contribution in [3.8, 4) is 0 Å². The Balaban J connectivity index is 2.26. The van der Waals surface area contributed by atoms with E-state index in [0.717, 1.165) is 32.0 Å². The number of hydrogen-bond donors (Lipinski definition) is 2. The van der Waals surface area contributed by atoms with Gasteiger partial charge in [0.05, 0.1) is 0 Å². The van der Waals surface area contributed by atoms with Crippen molar-refractivity contribution in [2.75, 3.05) is 19.6 Å². The monoisotopic (exact) mass is 276 g/mol. The van der Waals surface area contributed by atoms with Crippen LogP contribution in [0.4, 0.5) is 0 Å². The molecule has 0 aliphatic rings. The van der Waals surface area contributed by atoms with E-state index in [-0.39, 0.29) is 5.41 Å². The van der Waals surface area contributed by atoms with Gasteiger partial charge < -0.3 is 10.6 Å². The first-order chi connectivity index (χ1) is 9.42. The summed E-state index contributed by atoms with van der Waals surface area (Å²) >= 11 is 0. The third kappa shape index (κ3) is 6.53. The molecule has 1 aromatic carbocycles. The molecule has 0 aliphatic heterocycles. The molecule has 20 heavy (non-hydrogen) atoms. The lowest BCUT2D eigenvalue weighted by Gasteiger charge is -2.26. The molecule has 1 aromatic rings. The fourth-order valence-corrected chi connectivity index (χ4v) is 2.33. The third-order valence-corrected chi connectivity index (χ3v) is 3.80. The highest BCUT2D eigenvalue weighted by Crippen LogP contribution is 2.25. The Labute approximate surface area is 125 Å². The molecule has 1 atom stereocenters. The molecule has 0 saturated heterocycles.